The van der Waals surface area contributed by atoms with Gasteiger partial charge in [-0.25, -0.2) is 14.8 Å². The molecule has 0 amide bonds. The zero-order valence-electron chi connectivity index (χ0n) is 8.82. The zero-order valence-corrected chi connectivity index (χ0v) is 9.58. The van der Waals surface area contributed by atoms with Crippen molar-refractivity contribution in [3.8, 4) is 0 Å². The summed E-state index contributed by atoms with van der Waals surface area (Å²) in [6.45, 7) is 2.72. The van der Waals surface area contributed by atoms with Crippen LogP contribution in [0.4, 0.5) is 5.82 Å². The molecule has 82 valence electrons. The fourth-order valence-corrected chi connectivity index (χ4v) is 1.25. The van der Waals surface area contributed by atoms with Gasteiger partial charge in [-0.3, -0.25) is 0 Å². The molecule has 0 bridgehead atoms. The maximum Gasteiger partial charge on any atom is 0.358 e. The van der Waals surface area contributed by atoms with E-state index in [4.69, 9.17) is 11.6 Å². The molecule has 1 heterocycles. The number of methoxy groups -OCH3 is 1. The SMILES string of the molecule is CCN(C)c1ncc(C(=O)OC)nc1Cl. The number of carbonyl (C=O) groups is 1. The van der Waals surface area contributed by atoms with Crippen LogP contribution in [0, 0.1) is 0 Å². The lowest BCUT2D eigenvalue weighted by molar-refractivity contribution is 0.0593. The average Bonchev–Trinajstić information content (AvgIpc) is 2.26. The predicted octanol–water partition coefficient (Wildman–Crippen LogP) is 1.37. The smallest absolute Gasteiger partial charge is 0.358 e. The summed E-state index contributed by atoms with van der Waals surface area (Å²) in [4.78, 5) is 20.9. The molecule has 1 rings (SSSR count). The Balaban J connectivity index is 3.03. The standard InChI is InChI=1S/C9H12ClN3O2/c1-4-13(2)8-7(10)12-6(5-11-8)9(14)15-3/h5H,4H2,1-3H3. The highest BCUT2D eigenvalue weighted by atomic mass is 35.5. The fraction of sp³-hybridized carbons (Fsp3) is 0.444. The molecule has 0 aliphatic carbocycles. The number of ether oxygens (including phenoxy) is 1. The van der Waals surface area contributed by atoms with E-state index in [1.807, 2.05) is 18.9 Å². The van der Waals surface area contributed by atoms with Crippen LogP contribution in [-0.2, 0) is 4.74 Å². The molecule has 0 fully saturated rings. The summed E-state index contributed by atoms with van der Waals surface area (Å²) in [6.07, 6.45) is 1.35. The van der Waals surface area contributed by atoms with Crippen molar-refractivity contribution in [3.05, 3.63) is 17.0 Å². The molecule has 0 atom stereocenters. The number of rotatable bonds is 3. The van der Waals surface area contributed by atoms with E-state index < -0.39 is 5.97 Å². The van der Waals surface area contributed by atoms with Gasteiger partial charge in [-0.15, -0.1) is 0 Å². The molecule has 1 aromatic rings. The van der Waals surface area contributed by atoms with Gasteiger partial charge >= 0.3 is 5.97 Å². The molecule has 15 heavy (non-hydrogen) atoms. The van der Waals surface area contributed by atoms with Gasteiger partial charge in [0.05, 0.1) is 13.3 Å². The summed E-state index contributed by atoms with van der Waals surface area (Å²) in [5.41, 5.74) is 0.107. The minimum absolute atomic E-state index is 0.107. The van der Waals surface area contributed by atoms with Gasteiger partial charge in [0.1, 0.15) is 0 Å². The van der Waals surface area contributed by atoms with E-state index >= 15 is 0 Å². The van der Waals surface area contributed by atoms with Crippen LogP contribution in [0.1, 0.15) is 17.4 Å². The van der Waals surface area contributed by atoms with Gasteiger partial charge in [-0.2, -0.15) is 0 Å². The highest BCUT2D eigenvalue weighted by Gasteiger charge is 2.13. The minimum Gasteiger partial charge on any atom is -0.464 e. The molecule has 0 spiro atoms. The molecular formula is C9H12ClN3O2. The number of hydrogen-bond acceptors (Lipinski definition) is 5. The van der Waals surface area contributed by atoms with E-state index in [-0.39, 0.29) is 10.8 Å². The van der Waals surface area contributed by atoms with E-state index in [1.54, 1.807) is 0 Å². The summed E-state index contributed by atoms with van der Waals surface area (Å²) in [5, 5.41) is 0.197. The molecule has 0 saturated heterocycles. The lowest BCUT2D eigenvalue weighted by Gasteiger charge is -2.16. The number of nitrogens with zero attached hydrogens (tertiary/aromatic N) is 3. The van der Waals surface area contributed by atoms with Crippen molar-refractivity contribution in [2.24, 2.45) is 0 Å². The van der Waals surface area contributed by atoms with Crippen molar-refractivity contribution in [1.82, 2.24) is 9.97 Å². The molecule has 0 saturated carbocycles. The molecule has 0 aromatic carbocycles. The largest absolute Gasteiger partial charge is 0.464 e. The van der Waals surface area contributed by atoms with Gasteiger partial charge in [-0.1, -0.05) is 11.6 Å². The van der Waals surface area contributed by atoms with Crippen molar-refractivity contribution in [1.29, 1.82) is 0 Å². The van der Waals surface area contributed by atoms with Gasteiger partial charge in [0.2, 0.25) is 0 Å². The van der Waals surface area contributed by atoms with Gasteiger partial charge in [0.15, 0.2) is 16.7 Å². The Hall–Kier alpha value is -1.36. The quantitative estimate of drug-likeness (QED) is 0.733. The molecule has 6 heteroatoms. The van der Waals surface area contributed by atoms with E-state index in [0.29, 0.717) is 5.82 Å². The molecule has 0 aliphatic rings. The van der Waals surface area contributed by atoms with Crippen LogP contribution in [0.2, 0.25) is 5.15 Å². The van der Waals surface area contributed by atoms with E-state index in [2.05, 4.69) is 14.7 Å². The first kappa shape index (κ1) is 11.7. The summed E-state index contributed by atoms with van der Waals surface area (Å²) in [7, 11) is 3.12. The normalized spacial score (nSPS) is 9.87. The molecule has 0 aliphatic heterocycles. The second-order valence-corrected chi connectivity index (χ2v) is 3.23. The third-order valence-electron chi connectivity index (χ3n) is 1.94. The Kier molecular flexibility index (Phi) is 3.85. The molecule has 5 nitrogen and oxygen atoms in total. The molecule has 1 aromatic heterocycles. The van der Waals surface area contributed by atoms with Crippen molar-refractivity contribution in [2.45, 2.75) is 6.92 Å². The summed E-state index contributed by atoms with van der Waals surface area (Å²) in [6, 6.07) is 0. The first-order chi connectivity index (χ1) is 7.10. The second kappa shape index (κ2) is 4.93. The van der Waals surface area contributed by atoms with Crippen LogP contribution in [0.3, 0.4) is 0 Å². The number of hydrogen-bond donors (Lipinski definition) is 0. The third kappa shape index (κ3) is 2.56. The highest BCUT2D eigenvalue weighted by Crippen LogP contribution is 2.19. The van der Waals surface area contributed by atoms with Gasteiger partial charge in [-0.05, 0) is 6.92 Å². The maximum atomic E-state index is 11.1. The Morgan fingerprint density at radius 2 is 2.33 bits per heavy atom. The first-order valence-corrected chi connectivity index (χ1v) is 4.80. The lowest BCUT2D eigenvalue weighted by atomic mass is 10.4. The Morgan fingerprint density at radius 1 is 1.67 bits per heavy atom. The minimum atomic E-state index is -0.546. The number of esters is 1. The van der Waals surface area contributed by atoms with Gasteiger partial charge in [0, 0.05) is 13.6 Å². The number of carbonyl (C=O) groups excluding carboxylic acids is 1. The third-order valence-corrected chi connectivity index (χ3v) is 2.20. The Morgan fingerprint density at radius 3 is 2.80 bits per heavy atom. The summed E-state index contributed by atoms with van der Waals surface area (Å²) < 4.78 is 4.50. The monoisotopic (exact) mass is 229 g/mol. The van der Waals surface area contributed by atoms with Crippen molar-refractivity contribution < 1.29 is 9.53 Å². The summed E-state index contributed by atoms with van der Waals surface area (Å²) >= 11 is 5.88. The van der Waals surface area contributed by atoms with Crippen LogP contribution >= 0.6 is 11.6 Å². The van der Waals surface area contributed by atoms with Crippen LogP contribution in [0.5, 0.6) is 0 Å². The molecule has 0 N–H and O–H groups in total. The molecule has 0 unspecified atom stereocenters. The van der Waals surface area contributed by atoms with Crippen LogP contribution in [0.25, 0.3) is 0 Å². The lowest BCUT2D eigenvalue weighted by Crippen LogP contribution is -2.19. The van der Waals surface area contributed by atoms with Gasteiger partial charge < -0.3 is 9.64 Å². The number of halogens is 1. The van der Waals surface area contributed by atoms with E-state index in [9.17, 15) is 4.79 Å². The fourth-order valence-electron chi connectivity index (χ4n) is 0.969. The average molecular weight is 230 g/mol. The van der Waals surface area contributed by atoms with Crippen LogP contribution in [-0.4, -0.2) is 36.6 Å². The number of aromatic nitrogens is 2. The maximum absolute atomic E-state index is 11.1. The Labute approximate surface area is 93.0 Å². The highest BCUT2D eigenvalue weighted by molar-refractivity contribution is 6.31. The van der Waals surface area contributed by atoms with E-state index in [0.717, 1.165) is 6.54 Å². The van der Waals surface area contributed by atoms with Crippen molar-refractivity contribution in [2.75, 3.05) is 25.6 Å². The van der Waals surface area contributed by atoms with E-state index in [1.165, 1.54) is 13.3 Å². The zero-order chi connectivity index (χ0) is 11.4. The molecule has 0 radical (unpaired) electrons. The van der Waals surface area contributed by atoms with Crippen molar-refractivity contribution in [3.63, 3.8) is 0 Å². The topological polar surface area (TPSA) is 55.3 Å². The van der Waals surface area contributed by atoms with Crippen LogP contribution in [0.15, 0.2) is 6.20 Å². The van der Waals surface area contributed by atoms with Crippen LogP contribution < -0.4 is 4.90 Å². The van der Waals surface area contributed by atoms with Gasteiger partial charge in [0.25, 0.3) is 0 Å². The number of anilines is 1. The summed E-state index contributed by atoms with van der Waals surface area (Å²) in [5.74, 6) is 0.00178. The van der Waals surface area contributed by atoms with Crippen molar-refractivity contribution >= 4 is 23.4 Å². The second-order valence-electron chi connectivity index (χ2n) is 2.88. The Bertz CT molecular complexity index is 370. The molecular weight excluding hydrogens is 218 g/mol. The predicted molar refractivity (Wildman–Crippen MR) is 57.3 cm³/mol. The first-order valence-electron chi connectivity index (χ1n) is 4.42.